The predicted molar refractivity (Wildman–Crippen MR) is 216 cm³/mol. The Hall–Kier alpha value is -6.12. The van der Waals surface area contributed by atoms with Gasteiger partial charge in [0.25, 0.3) is 0 Å². The lowest BCUT2D eigenvalue weighted by molar-refractivity contribution is 0.660. The molecule has 0 saturated heterocycles. The van der Waals surface area contributed by atoms with Gasteiger partial charge in [-0.3, -0.25) is 0 Å². The summed E-state index contributed by atoms with van der Waals surface area (Å²) in [4.78, 5) is 11.2. The standard InChI is InChI=1S/C50H38N2/c1-49(2)41-21-13-11-19-37(41)39-25-23-33(29-43(39)49)35-27-28-36(34-24-26-40-38-20-12-14-22-42(38)50(3,4)44(40)30-34)48-47(35)51-45(31-15-7-5-8-16-31)46(52-48)32-17-9-6-10-18-32/h5-30H,1-4H3. The highest BCUT2D eigenvalue weighted by molar-refractivity contribution is 6.04. The Bertz CT molecular complexity index is 2530. The molecule has 0 spiro atoms. The zero-order chi connectivity index (χ0) is 35.2. The normalized spacial score (nSPS) is 14.5. The van der Waals surface area contributed by atoms with Crippen molar-refractivity contribution in [3.8, 4) is 67.0 Å². The molecule has 2 nitrogen and oxygen atoms in total. The van der Waals surface area contributed by atoms with Crippen LogP contribution >= 0.6 is 0 Å². The first kappa shape index (κ1) is 30.7. The van der Waals surface area contributed by atoms with E-state index in [4.69, 9.17) is 9.97 Å². The second-order valence-corrected chi connectivity index (χ2v) is 15.4. The molecule has 0 bridgehead atoms. The van der Waals surface area contributed by atoms with Crippen LogP contribution < -0.4 is 0 Å². The van der Waals surface area contributed by atoms with E-state index >= 15 is 0 Å². The number of hydrogen-bond donors (Lipinski definition) is 0. The number of rotatable bonds is 4. The van der Waals surface area contributed by atoms with Crippen LogP contribution in [-0.2, 0) is 10.8 Å². The van der Waals surface area contributed by atoms with Crippen molar-refractivity contribution in [3.63, 3.8) is 0 Å². The van der Waals surface area contributed by atoms with Gasteiger partial charge in [-0.05, 0) is 67.8 Å². The molecule has 8 aromatic rings. The van der Waals surface area contributed by atoms with Crippen LogP contribution in [0.5, 0.6) is 0 Å². The third-order valence-corrected chi connectivity index (χ3v) is 11.7. The lowest BCUT2D eigenvalue weighted by atomic mass is 9.81. The van der Waals surface area contributed by atoms with Gasteiger partial charge >= 0.3 is 0 Å². The first-order chi connectivity index (χ1) is 25.3. The molecule has 0 radical (unpaired) electrons. The van der Waals surface area contributed by atoms with Crippen molar-refractivity contribution in [3.05, 3.63) is 180 Å². The van der Waals surface area contributed by atoms with Crippen molar-refractivity contribution in [2.75, 3.05) is 0 Å². The van der Waals surface area contributed by atoms with E-state index in [0.29, 0.717) is 0 Å². The molecule has 7 aromatic carbocycles. The SMILES string of the molecule is CC1(C)c2ccccc2-c2ccc(-c3ccc(-c4ccc5c(c4)C(C)(C)c4ccccc4-5)c4nc(-c5ccccc5)c(-c5ccccc5)nc34)cc21. The Morgan fingerprint density at radius 2 is 0.654 bits per heavy atom. The molecule has 1 aromatic heterocycles. The molecule has 0 fully saturated rings. The Labute approximate surface area is 305 Å². The minimum atomic E-state index is -0.103. The van der Waals surface area contributed by atoms with Crippen molar-refractivity contribution in [2.24, 2.45) is 0 Å². The van der Waals surface area contributed by atoms with Crippen LogP contribution in [0, 0.1) is 0 Å². The summed E-state index contributed by atoms with van der Waals surface area (Å²) in [6, 6.07) is 57.2. The number of nitrogens with zero attached hydrogens (tertiary/aromatic N) is 2. The first-order valence-electron chi connectivity index (χ1n) is 18.3. The van der Waals surface area contributed by atoms with E-state index in [2.05, 4.69) is 185 Å². The highest BCUT2D eigenvalue weighted by Crippen LogP contribution is 2.52. The van der Waals surface area contributed by atoms with E-state index in [1.807, 2.05) is 0 Å². The van der Waals surface area contributed by atoms with Gasteiger partial charge in [0.15, 0.2) is 0 Å². The maximum Gasteiger partial charge on any atom is 0.0979 e. The first-order valence-corrected chi connectivity index (χ1v) is 18.3. The molecule has 0 amide bonds. The summed E-state index contributed by atoms with van der Waals surface area (Å²) in [7, 11) is 0. The van der Waals surface area contributed by atoms with Crippen LogP contribution in [0.25, 0.3) is 78.1 Å². The summed E-state index contributed by atoms with van der Waals surface area (Å²) in [6.07, 6.45) is 0. The van der Waals surface area contributed by atoms with Crippen LogP contribution in [0.3, 0.4) is 0 Å². The van der Waals surface area contributed by atoms with Gasteiger partial charge in [0.2, 0.25) is 0 Å². The third kappa shape index (κ3) is 4.43. The molecule has 10 rings (SSSR count). The van der Waals surface area contributed by atoms with Gasteiger partial charge in [0, 0.05) is 33.1 Å². The summed E-state index contributed by atoms with van der Waals surface area (Å²) in [5, 5.41) is 0. The van der Waals surface area contributed by atoms with E-state index in [0.717, 1.165) is 55.8 Å². The molecule has 2 heteroatoms. The Morgan fingerprint density at radius 3 is 1.08 bits per heavy atom. The molecule has 0 unspecified atom stereocenters. The van der Waals surface area contributed by atoms with Crippen molar-refractivity contribution < 1.29 is 0 Å². The van der Waals surface area contributed by atoms with Crippen LogP contribution in [-0.4, -0.2) is 9.97 Å². The molecular formula is C50H38N2. The fourth-order valence-electron chi connectivity index (χ4n) is 8.94. The van der Waals surface area contributed by atoms with E-state index in [9.17, 15) is 0 Å². The summed E-state index contributed by atoms with van der Waals surface area (Å²) in [6.45, 7) is 9.37. The second kappa shape index (κ2) is 11.2. The minimum absolute atomic E-state index is 0.103. The maximum absolute atomic E-state index is 5.62. The molecule has 0 aliphatic heterocycles. The smallest absolute Gasteiger partial charge is 0.0979 e. The molecule has 0 atom stereocenters. The predicted octanol–water partition coefficient (Wildman–Crippen LogP) is 12.9. The molecule has 0 N–H and O–H groups in total. The van der Waals surface area contributed by atoms with E-state index in [1.165, 1.54) is 44.5 Å². The van der Waals surface area contributed by atoms with Crippen LogP contribution in [0.15, 0.2) is 158 Å². The third-order valence-electron chi connectivity index (χ3n) is 11.7. The Kier molecular flexibility index (Phi) is 6.60. The van der Waals surface area contributed by atoms with Gasteiger partial charge in [0.05, 0.1) is 22.4 Å². The van der Waals surface area contributed by atoms with Crippen LogP contribution in [0.4, 0.5) is 0 Å². The van der Waals surface area contributed by atoms with Crippen molar-refractivity contribution in [2.45, 2.75) is 38.5 Å². The van der Waals surface area contributed by atoms with E-state index in [1.54, 1.807) is 0 Å². The average molecular weight is 667 g/mol. The van der Waals surface area contributed by atoms with E-state index in [-0.39, 0.29) is 10.8 Å². The highest BCUT2D eigenvalue weighted by atomic mass is 14.8. The van der Waals surface area contributed by atoms with E-state index < -0.39 is 0 Å². The Balaban J connectivity index is 1.24. The quantitative estimate of drug-likeness (QED) is 0.187. The van der Waals surface area contributed by atoms with Gasteiger partial charge in [-0.15, -0.1) is 0 Å². The molecule has 248 valence electrons. The van der Waals surface area contributed by atoms with Crippen molar-refractivity contribution >= 4 is 11.0 Å². The second-order valence-electron chi connectivity index (χ2n) is 15.4. The van der Waals surface area contributed by atoms with Crippen molar-refractivity contribution in [1.82, 2.24) is 9.97 Å². The topological polar surface area (TPSA) is 25.8 Å². The fourth-order valence-corrected chi connectivity index (χ4v) is 8.94. The summed E-state index contributed by atoms with van der Waals surface area (Å²) >= 11 is 0. The minimum Gasteiger partial charge on any atom is -0.243 e. The summed E-state index contributed by atoms with van der Waals surface area (Å²) in [5.74, 6) is 0. The number of hydrogen-bond acceptors (Lipinski definition) is 2. The van der Waals surface area contributed by atoms with Crippen LogP contribution in [0.2, 0.25) is 0 Å². The Morgan fingerprint density at radius 1 is 0.308 bits per heavy atom. The largest absolute Gasteiger partial charge is 0.243 e. The van der Waals surface area contributed by atoms with Gasteiger partial charge in [-0.25, -0.2) is 9.97 Å². The monoisotopic (exact) mass is 666 g/mol. The van der Waals surface area contributed by atoms with Gasteiger partial charge < -0.3 is 0 Å². The zero-order valence-corrected chi connectivity index (χ0v) is 29.9. The zero-order valence-electron chi connectivity index (χ0n) is 29.9. The van der Waals surface area contributed by atoms with Gasteiger partial charge in [-0.1, -0.05) is 173 Å². The lowest BCUT2D eigenvalue weighted by Gasteiger charge is -2.23. The lowest BCUT2D eigenvalue weighted by Crippen LogP contribution is -2.15. The number of fused-ring (bicyclic) bond motifs is 7. The van der Waals surface area contributed by atoms with Gasteiger partial charge in [0.1, 0.15) is 0 Å². The summed E-state index contributed by atoms with van der Waals surface area (Å²) < 4.78 is 0. The average Bonchev–Trinajstić information content (AvgIpc) is 3.56. The van der Waals surface area contributed by atoms with Gasteiger partial charge in [-0.2, -0.15) is 0 Å². The molecule has 0 saturated carbocycles. The van der Waals surface area contributed by atoms with Crippen molar-refractivity contribution in [1.29, 1.82) is 0 Å². The maximum atomic E-state index is 5.62. The fraction of sp³-hybridized carbons (Fsp3) is 0.120. The van der Waals surface area contributed by atoms with Crippen LogP contribution in [0.1, 0.15) is 49.9 Å². The number of aromatic nitrogens is 2. The molecule has 52 heavy (non-hydrogen) atoms. The number of benzene rings is 7. The molecule has 1 heterocycles. The summed E-state index contributed by atoms with van der Waals surface area (Å²) in [5.41, 5.74) is 20.7. The molecule has 2 aliphatic carbocycles. The molecule has 2 aliphatic rings. The molecular weight excluding hydrogens is 629 g/mol. The highest BCUT2D eigenvalue weighted by Gasteiger charge is 2.37.